The van der Waals surface area contributed by atoms with Crippen LogP contribution in [0.5, 0.6) is 0 Å². The van der Waals surface area contributed by atoms with Crippen LogP contribution < -0.4 is 5.32 Å². The molecule has 2 heteroatoms. The summed E-state index contributed by atoms with van der Waals surface area (Å²) in [5, 5.41) is 3.92. The van der Waals surface area contributed by atoms with Gasteiger partial charge in [-0.2, -0.15) is 0 Å². The van der Waals surface area contributed by atoms with E-state index >= 15 is 0 Å². The second kappa shape index (κ2) is 6.79. The third-order valence-electron chi connectivity index (χ3n) is 6.32. The van der Waals surface area contributed by atoms with Gasteiger partial charge in [0.15, 0.2) is 0 Å². The molecule has 1 aliphatic heterocycles. The molecule has 0 aromatic heterocycles. The number of nitrogens with zero attached hydrogens (tertiary/aromatic N) is 1. The van der Waals surface area contributed by atoms with Gasteiger partial charge in [-0.1, -0.05) is 51.9 Å². The first-order valence-corrected chi connectivity index (χ1v) is 9.30. The Balaban J connectivity index is 1.53. The van der Waals surface area contributed by atoms with Crippen molar-refractivity contribution in [2.24, 2.45) is 5.92 Å². The average Bonchev–Trinajstić information content (AvgIpc) is 2.94. The number of hydrogen-bond donors (Lipinski definition) is 1. The van der Waals surface area contributed by atoms with Gasteiger partial charge in [-0.3, -0.25) is 4.90 Å². The van der Waals surface area contributed by atoms with Crippen LogP contribution in [-0.4, -0.2) is 36.1 Å². The summed E-state index contributed by atoms with van der Waals surface area (Å²) in [5.41, 5.74) is 0.498. The predicted octanol–water partition coefficient (Wildman–Crippen LogP) is 3.95. The smallest absolute Gasteiger partial charge is 0.0309 e. The molecule has 2 saturated carbocycles. The van der Waals surface area contributed by atoms with E-state index in [1.807, 2.05) is 0 Å². The fourth-order valence-electron chi connectivity index (χ4n) is 4.91. The molecule has 1 unspecified atom stereocenters. The van der Waals surface area contributed by atoms with Crippen LogP contribution in [0.25, 0.3) is 0 Å². The largest absolute Gasteiger partial charge is 0.308 e. The molecule has 20 heavy (non-hydrogen) atoms. The van der Waals surface area contributed by atoms with Crippen LogP contribution >= 0.6 is 0 Å². The molecule has 1 saturated heterocycles. The molecule has 2 nitrogen and oxygen atoms in total. The Hall–Kier alpha value is -0.0800. The van der Waals surface area contributed by atoms with Crippen LogP contribution in [0.4, 0.5) is 0 Å². The van der Waals surface area contributed by atoms with Crippen molar-refractivity contribution in [1.29, 1.82) is 0 Å². The highest BCUT2D eigenvalue weighted by Crippen LogP contribution is 2.34. The lowest BCUT2D eigenvalue weighted by Crippen LogP contribution is -2.63. The lowest BCUT2D eigenvalue weighted by molar-refractivity contribution is 0.0710. The van der Waals surface area contributed by atoms with Gasteiger partial charge in [0.25, 0.3) is 0 Å². The zero-order valence-electron chi connectivity index (χ0n) is 13.5. The minimum Gasteiger partial charge on any atom is -0.308 e. The SMILES string of the molecule is CCC1CNC2(CCCC2)CN1CCC1CCCCC1. The number of rotatable bonds is 4. The van der Waals surface area contributed by atoms with E-state index in [9.17, 15) is 0 Å². The molecule has 116 valence electrons. The summed E-state index contributed by atoms with van der Waals surface area (Å²) >= 11 is 0. The van der Waals surface area contributed by atoms with Gasteiger partial charge in [0, 0.05) is 24.7 Å². The summed E-state index contributed by atoms with van der Waals surface area (Å²) in [5.74, 6) is 1.04. The topological polar surface area (TPSA) is 15.3 Å². The van der Waals surface area contributed by atoms with E-state index in [1.54, 1.807) is 0 Å². The summed E-state index contributed by atoms with van der Waals surface area (Å²) in [6, 6.07) is 0.796. The third-order valence-corrected chi connectivity index (χ3v) is 6.32. The Bertz CT molecular complexity index is 290. The normalized spacial score (nSPS) is 31.9. The standard InChI is InChI=1S/C18H34N2/c1-2-17-14-19-18(11-6-7-12-18)15-20(17)13-10-16-8-4-3-5-9-16/h16-17,19H,2-15H2,1H3. The maximum Gasteiger partial charge on any atom is 0.0309 e. The monoisotopic (exact) mass is 278 g/mol. The van der Waals surface area contributed by atoms with E-state index in [0.29, 0.717) is 5.54 Å². The minimum atomic E-state index is 0.498. The van der Waals surface area contributed by atoms with Gasteiger partial charge in [-0.15, -0.1) is 0 Å². The Labute approximate surface area is 125 Å². The number of nitrogens with one attached hydrogen (secondary N) is 1. The molecule has 2 aliphatic carbocycles. The summed E-state index contributed by atoms with van der Waals surface area (Å²) in [6.45, 7) is 6.30. The fourth-order valence-corrected chi connectivity index (χ4v) is 4.91. The molecule has 0 radical (unpaired) electrons. The number of piperazine rings is 1. The summed E-state index contributed by atoms with van der Waals surface area (Å²) in [4.78, 5) is 2.86. The van der Waals surface area contributed by atoms with E-state index in [1.165, 1.54) is 90.3 Å². The lowest BCUT2D eigenvalue weighted by atomic mass is 9.86. The highest BCUT2D eigenvalue weighted by atomic mass is 15.3. The van der Waals surface area contributed by atoms with Crippen LogP contribution in [0, 0.1) is 5.92 Å². The van der Waals surface area contributed by atoms with Crippen LogP contribution in [0.15, 0.2) is 0 Å². The first kappa shape index (κ1) is 14.8. The Morgan fingerprint density at radius 2 is 1.80 bits per heavy atom. The van der Waals surface area contributed by atoms with Gasteiger partial charge >= 0.3 is 0 Å². The average molecular weight is 278 g/mol. The van der Waals surface area contributed by atoms with Crippen molar-refractivity contribution in [2.45, 2.75) is 89.1 Å². The highest BCUT2D eigenvalue weighted by molar-refractivity contribution is 5.00. The summed E-state index contributed by atoms with van der Waals surface area (Å²) in [6.07, 6.45) is 16.0. The van der Waals surface area contributed by atoms with Gasteiger partial charge < -0.3 is 5.32 Å². The second-order valence-corrected chi connectivity index (χ2v) is 7.69. The Kier molecular flexibility index (Phi) is 5.04. The first-order chi connectivity index (χ1) is 9.81. The van der Waals surface area contributed by atoms with Crippen molar-refractivity contribution in [3.63, 3.8) is 0 Å². The molecule has 3 fully saturated rings. The van der Waals surface area contributed by atoms with Crippen molar-refractivity contribution >= 4 is 0 Å². The van der Waals surface area contributed by atoms with E-state index in [-0.39, 0.29) is 0 Å². The van der Waals surface area contributed by atoms with Gasteiger partial charge in [0.05, 0.1) is 0 Å². The van der Waals surface area contributed by atoms with Gasteiger partial charge in [-0.05, 0) is 38.1 Å². The molecule has 1 spiro atoms. The number of hydrogen-bond acceptors (Lipinski definition) is 2. The molecule has 0 aromatic carbocycles. The van der Waals surface area contributed by atoms with Gasteiger partial charge in [0.1, 0.15) is 0 Å². The Morgan fingerprint density at radius 1 is 1.05 bits per heavy atom. The second-order valence-electron chi connectivity index (χ2n) is 7.69. The van der Waals surface area contributed by atoms with E-state index < -0.39 is 0 Å². The molecule has 0 amide bonds. The molecule has 1 N–H and O–H groups in total. The fraction of sp³-hybridized carbons (Fsp3) is 1.00. The molecule has 1 atom stereocenters. The van der Waals surface area contributed by atoms with Crippen LogP contribution in [-0.2, 0) is 0 Å². The highest BCUT2D eigenvalue weighted by Gasteiger charge is 2.40. The van der Waals surface area contributed by atoms with Gasteiger partial charge in [0.2, 0.25) is 0 Å². The zero-order valence-corrected chi connectivity index (χ0v) is 13.5. The van der Waals surface area contributed by atoms with Crippen LogP contribution in [0.2, 0.25) is 0 Å². The Morgan fingerprint density at radius 3 is 2.50 bits per heavy atom. The van der Waals surface area contributed by atoms with Crippen molar-refractivity contribution < 1.29 is 0 Å². The molecule has 1 heterocycles. The van der Waals surface area contributed by atoms with E-state index in [2.05, 4.69) is 17.1 Å². The molecular weight excluding hydrogens is 244 g/mol. The molecule has 0 aromatic rings. The van der Waals surface area contributed by atoms with Crippen molar-refractivity contribution in [3.05, 3.63) is 0 Å². The zero-order chi connectivity index (χ0) is 13.8. The van der Waals surface area contributed by atoms with Crippen molar-refractivity contribution in [2.75, 3.05) is 19.6 Å². The third kappa shape index (κ3) is 3.39. The first-order valence-electron chi connectivity index (χ1n) is 9.30. The van der Waals surface area contributed by atoms with E-state index in [0.717, 1.165) is 12.0 Å². The minimum absolute atomic E-state index is 0.498. The predicted molar refractivity (Wildman–Crippen MR) is 86.0 cm³/mol. The van der Waals surface area contributed by atoms with Crippen molar-refractivity contribution in [3.8, 4) is 0 Å². The van der Waals surface area contributed by atoms with Crippen molar-refractivity contribution in [1.82, 2.24) is 10.2 Å². The lowest BCUT2D eigenvalue weighted by Gasteiger charge is -2.46. The summed E-state index contributed by atoms with van der Waals surface area (Å²) in [7, 11) is 0. The summed E-state index contributed by atoms with van der Waals surface area (Å²) < 4.78 is 0. The van der Waals surface area contributed by atoms with E-state index in [4.69, 9.17) is 0 Å². The molecular formula is C18H34N2. The molecule has 3 aliphatic rings. The molecule has 3 rings (SSSR count). The maximum absolute atomic E-state index is 3.92. The van der Waals surface area contributed by atoms with Gasteiger partial charge in [-0.25, -0.2) is 0 Å². The molecule has 0 bridgehead atoms. The van der Waals surface area contributed by atoms with Crippen LogP contribution in [0.3, 0.4) is 0 Å². The van der Waals surface area contributed by atoms with Crippen LogP contribution in [0.1, 0.15) is 77.6 Å². The quantitative estimate of drug-likeness (QED) is 0.837. The maximum atomic E-state index is 3.92.